The normalized spacial score (nSPS) is 17.2. The topological polar surface area (TPSA) is 40.7 Å². The summed E-state index contributed by atoms with van der Waals surface area (Å²) in [6, 6.07) is 12.6. The van der Waals surface area contributed by atoms with Gasteiger partial charge in [-0.1, -0.05) is 22.0 Å². The second-order valence-electron chi connectivity index (χ2n) is 7.38. The molecule has 0 amide bonds. The van der Waals surface area contributed by atoms with Crippen LogP contribution in [0.15, 0.2) is 47.1 Å². The molecule has 0 saturated carbocycles. The molecule has 0 unspecified atom stereocenters. The third-order valence-corrected chi connectivity index (χ3v) is 6.18. The van der Waals surface area contributed by atoms with E-state index in [0.717, 1.165) is 55.1 Å². The molecule has 5 nitrogen and oxygen atoms in total. The van der Waals surface area contributed by atoms with Crippen molar-refractivity contribution in [3.8, 4) is 11.5 Å². The van der Waals surface area contributed by atoms with E-state index in [1.807, 2.05) is 6.07 Å². The summed E-state index contributed by atoms with van der Waals surface area (Å²) in [5, 5.41) is 1.32. The van der Waals surface area contributed by atoms with Crippen LogP contribution in [0.5, 0.6) is 11.5 Å². The molecule has 0 atom stereocenters. The van der Waals surface area contributed by atoms with Crippen LogP contribution in [0.25, 0.3) is 10.9 Å². The Morgan fingerprint density at radius 3 is 2.75 bits per heavy atom. The predicted octanol–water partition coefficient (Wildman–Crippen LogP) is 4.07. The van der Waals surface area contributed by atoms with E-state index in [0.29, 0.717) is 13.2 Å². The van der Waals surface area contributed by atoms with Gasteiger partial charge in [0.25, 0.3) is 0 Å². The van der Waals surface area contributed by atoms with Gasteiger partial charge in [-0.25, -0.2) is 0 Å². The highest BCUT2D eigenvalue weighted by atomic mass is 79.9. The van der Waals surface area contributed by atoms with Gasteiger partial charge >= 0.3 is 0 Å². The lowest BCUT2D eigenvalue weighted by Crippen LogP contribution is -2.47. The van der Waals surface area contributed by atoms with Crippen LogP contribution in [0.3, 0.4) is 0 Å². The van der Waals surface area contributed by atoms with E-state index < -0.39 is 0 Å². The number of hydrogen-bond acceptors (Lipinski definition) is 4. The minimum absolute atomic E-state index is 0.630. The third kappa shape index (κ3) is 3.47. The fraction of sp³-hybridized carbons (Fsp3) is 0.364. The quantitative estimate of drug-likeness (QED) is 0.662. The number of nitrogens with one attached hydrogen (secondary N) is 1. The predicted molar refractivity (Wildman–Crippen MR) is 116 cm³/mol. The Hall–Kier alpha value is -2.18. The maximum absolute atomic E-state index is 5.89. The zero-order valence-corrected chi connectivity index (χ0v) is 17.4. The van der Waals surface area contributed by atoms with E-state index in [4.69, 9.17) is 9.47 Å². The molecule has 3 aromatic rings. The highest BCUT2D eigenvalue weighted by molar-refractivity contribution is 9.10. The molecule has 146 valence electrons. The number of nitrogens with zero attached hydrogens (tertiary/aromatic N) is 2. The first-order valence-electron chi connectivity index (χ1n) is 9.89. The maximum atomic E-state index is 5.89. The van der Waals surface area contributed by atoms with Crippen LogP contribution in [0.4, 0.5) is 5.69 Å². The van der Waals surface area contributed by atoms with Crippen LogP contribution in [-0.4, -0.2) is 55.8 Å². The van der Waals surface area contributed by atoms with Crippen LogP contribution in [0.1, 0.15) is 5.56 Å². The van der Waals surface area contributed by atoms with Crippen molar-refractivity contribution in [2.75, 3.05) is 50.8 Å². The fourth-order valence-electron chi connectivity index (χ4n) is 4.16. The van der Waals surface area contributed by atoms with Crippen molar-refractivity contribution in [1.82, 2.24) is 9.88 Å². The van der Waals surface area contributed by atoms with Gasteiger partial charge in [-0.2, -0.15) is 0 Å². The van der Waals surface area contributed by atoms with E-state index in [2.05, 4.69) is 67.2 Å². The van der Waals surface area contributed by atoms with Crippen molar-refractivity contribution >= 4 is 32.5 Å². The third-order valence-electron chi connectivity index (χ3n) is 5.69. The fourth-order valence-corrected chi connectivity index (χ4v) is 4.52. The van der Waals surface area contributed by atoms with Gasteiger partial charge in [-0.05, 0) is 42.3 Å². The molecule has 0 aliphatic carbocycles. The molecule has 0 radical (unpaired) electrons. The molecule has 28 heavy (non-hydrogen) atoms. The Kier molecular flexibility index (Phi) is 4.91. The Morgan fingerprint density at radius 2 is 1.86 bits per heavy atom. The lowest BCUT2D eigenvalue weighted by atomic mass is 10.1. The molecule has 5 rings (SSSR count). The van der Waals surface area contributed by atoms with Crippen molar-refractivity contribution in [2.24, 2.45) is 0 Å². The molecular weight excluding hydrogens is 418 g/mol. The Morgan fingerprint density at radius 1 is 1.00 bits per heavy atom. The minimum atomic E-state index is 0.630. The summed E-state index contributed by atoms with van der Waals surface area (Å²) in [7, 11) is 0. The van der Waals surface area contributed by atoms with Crippen molar-refractivity contribution < 1.29 is 9.47 Å². The lowest BCUT2D eigenvalue weighted by Gasteiger charge is -2.37. The van der Waals surface area contributed by atoms with E-state index in [-0.39, 0.29) is 0 Å². The van der Waals surface area contributed by atoms with Crippen LogP contribution >= 0.6 is 15.9 Å². The average Bonchev–Trinajstić information content (AvgIpc) is 3.14. The Labute approximate surface area is 173 Å². The van der Waals surface area contributed by atoms with Crippen LogP contribution in [-0.2, 0) is 6.42 Å². The second kappa shape index (κ2) is 7.68. The van der Waals surface area contributed by atoms with Gasteiger partial charge in [0.1, 0.15) is 13.2 Å². The number of ether oxygens (including phenoxy) is 2. The van der Waals surface area contributed by atoms with Gasteiger partial charge < -0.3 is 19.4 Å². The largest absolute Gasteiger partial charge is 0.486 e. The van der Waals surface area contributed by atoms with Gasteiger partial charge in [-0.3, -0.25) is 4.90 Å². The molecule has 2 aliphatic heterocycles. The van der Waals surface area contributed by atoms with Crippen molar-refractivity contribution in [1.29, 1.82) is 0 Å². The molecule has 0 spiro atoms. The number of hydrogen-bond donors (Lipinski definition) is 1. The number of anilines is 1. The summed E-state index contributed by atoms with van der Waals surface area (Å²) >= 11 is 3.58. The second-order valence-corrected chi connectivity index (χ2v) is 8.30. The van der Waals surface area contributed by atoms with E-state index in [9.17, 15) is 0 Å². The van der Waals surface area contributed by atoms with Crippen LogP contribution < -0.4 is 14.4 Å². The molecule has 2 aromatic carbocycles. The molecule has 2 aliphatic rings. The molecule has 6 heteroatoms. The van der Waals surface area contributed by atoms with Crippen molar-refractivity contribution in [3.63, 3.8) is 0 Å². The first-order chi connectivity index (χ1) is 13.8. The molecule has 1 aromatic heterocycles. The summed E-state index contributed by atoms with van der Waals surface area (Å²) in [4.78, 5) is 8.37. The minimum Gasteiger partial charge on any atom is -0.486 e. The Balaban J connectivity index is 1.21. The number of piperazine rings is 1. The molecule has 3 heterocycles. The summed E-state index contributed by atoms with van der Waals surface area (Å²) in [6.45, 7) is 6.50. The number of aromatic nitrogens is 1. The highest BCUT2D eigenvalue weighted by Gasteiger charge is 2.23. The molecule has 1 N–H and O–H groups in total. The van der Waals surface area contributed by atoms with Gasteiger partial charge in [0, 0.05) is 54.3 Å². The van der Waals surface area contributed by atoms with E-state index >= 15 is 0 Å². The molecular formula is C22H24BrN3O2. The van der Waals surface area contributed by atoms with Crippen molar-refractivity contribution in [3.05, 3.63) is 52.6 Å². The van der Waals surface area contributed by atoms with E-state index in [1.165, 1.54) is 22.2 Å². The average molecular weight is 442 g/mol. The standard InChI is InChI=1S/C22H24BrN3O2/c23-17-4-5-19-18(14-17)16(15-24-19)6-7-25-8-10-26(11-9-25)20-2-1-3-21-22(20)28-13-12-27-21/h1-5,14-15,24H,6-13H2. The zero-order valence-electron chi connectivity index (χ0n) is 15.8. The smallest absolute Gasteiger partial charge is 0.184 e. The van der Waals surface area contributed by atoms with Gasteiger partial charge in [0.15, 0.2) is 11.5 Å². The number of halogens is 1. The monoisotopic (exact) mass is 441 g/mol. The Bertz CT molecular complexity index is 979. The number of para-hydroxylation sites is 1. The maximum Gasteiger partial charge on any atom is 0.184 e. The summed E-state index contributed by atoms with van der Waals surface area (Å²) < 4.78 is 12.8. The first kappa shape index (κ1) is 17.9. The van der Waals surface area contributed by atoms with Gasteiger partial charge in [0.05, 0.1) is 5.69 Å². The highest BCUT2D eigenvalue weighted by Crippen LogP contribution is 2.39. The first-order valence-corrected chi connectivity index (χ1v) is 10.7. The number of fused-ring (bicyclic) bond motifs is 2. The van der Waals surface area contributed by atoms with Gasteiger partial charge in [0.2, 0.25) is 0 Å². The lowest BCUT2D eigenvalue weighted by molar-refractivity contribution is 0.171. The molecule has 1 saturated heterocycles. The summed E-state index contributed by atoms with van der Waals surface area (Å²) in [6.07, 6.45) is 3.22. The van der Waals surface area contributed by atoms with Crippen LogP contribution in [0.2, 0.25) is 0 Å². The van der Waals surface area contributed by atoms with E-state index in [1.54, 1.807) is 0 Å². The number of aromatic amines is 1. The molecule has 0 bridgehead atoms. The number of rotatable bonds is 4. The summed E-state index contributed by atoms with van der Waals surface area (Å²) in [5.41, 5.74) is 3.76. The number of H-pyrrole nitrogens is 1. The van der Waals surface area contributed by atoms with Gasteiger partial charge in [-0.15, -0.1) is 0 Å². The summed E-state index contributed by atoms with van der Waals surface area (Å²) in [5.74, 6) is 1.78. The number of benzene rings is 2. The SMILES string of the molecule is Brc1ccc2[nH]cc(CCN3CCN(c4cccc5c4OCCO5)CC3)c2c1. The molecule has 1 fully saturated rings. The zero-order chi connectivity index (χ0) is 18.9. The van der Waals surface area contributed by atoms with Crippen LogP contribution in [0, 0.1) is 0 Å². The van der Waals surface area contributed by atoms with Crippen molar-refractivity contribution in [2.45, 2.75) is 6.42 Å².